The van der Waals surface area contributed by atoms with Crippen molar-refractivity contribution >= 4 is 27.7 Å². The van der Waals surface area contributed by atoms with E-state index in [9.17, 15) is 9.59 Å². The maximum atomic E-state index is 11.3. The van der Waals surface area contributed by atoms with Gasteiger partial charge in [0.05, 0.1) is 13.1 Å². The van der Waals surface area contributed by atoms with E-state index in [2.05, 4.69) is 27.8 Å². The molecule has 0 saturated carbocycles. The second-order valence-electron chi connectivity index (χ2n) is 2.86. The molecule has 0 aromatic carbocycles. The minimum Gasteiger partial charge on any atom is -0.347 e. The average Bonchev–Trinajstić information content (AvgIpc) is 2.19. The number of hydrogen-bond donors (Lipinski definition) is 1. The molecule has 0 spiro atoms. The number of halogens is 1. The molecule has 0 bridgehead atoms. The fourth-order valence-electron chi connectivity index (χ4n) is 1.11. The molecular weight excluding hydrogens is 236 g/mol. The largest absolute Gasteiger partial charge is 0.347 e. The van der Waals surface area contributed by atoms with Crippen LogP contribution in [0.5, 0.6) is 0 Å². The molecule has 13 heavy (non-hydrogen) atoms. The van der Waals surface area contributed by atoms with Crippen molar-refractivity contribution in [2.75, 3.05) is 19.6 Å². The monoisotopic (exact) mass is 246 g/mol. The Morgan fingerprint density at radius 2 is 2.31 bits per heavy atom. The Kier molecular flexibility index (Phi) is 3.48. The average molecular weight is 247 g/mol. The molecule has 0 unspecified atom stereocenters. The molecular formula is C8H11BrN2O2. The summed E-state index contributed by atoms with van der Waals surface area (Å²) in [4.78, 5) is 23.9. The van der Waals surface area contributed by atoms with Crippen LogP contribution in [0.1, 0.15) is 6.42 Å². The van der Waals surface area contributed by atoms with Gasteiger partial charge in [-0.25, -0.2) is 0 Å². The molecule has 1 aliphatic heterocycles. The molecule has 1 fully saturated rings. The van der Waals surface area contributed by atoms with Crippen LogP contribution in [0.25, 0.3) is 0 Å². The Balaban J connectivity index is 2.57. The van der Waals surface area contributed by atoms with Crippen molar-refractivity contribution in [3.05, 3.63) is 11.1 Å². The number of rotatable bonds is 2. The van der Waals surface area contributed by atoms with Crippen LogP contribution in [0, 0.1) is 0 Å². The SMILES string of the molecule is C=C(Br)CN1CCC(=O)NCC1=O. The molecule has 1 saturated heterocycles. The lowest BCUT2D eigenvalue weighted by molar-refractivity contribution is -0.129. The number of carbonyl (C=O) groups excluding carboxylic acids is 2. The van der Waals surface area contributed by atoms with Crippen molar-refractivity contribution in [3.8, 4) is 0 Å². The van der Waals surface area contributed by atoms with Crippen LogP contribution in [-0.4, -0.2) is 36.3 Å². The van der Waals surface area contributed by atoms with Crippen LogP contribution in [-0.2, 0) is 9.59 Å². The Morgan fingerprint density at radius 1 is 1.62 bits per heavy atom. The Morgan fingerprint density at radius 3 is 2.92 bits per heavy atom. The molecule has 0 aromatic rings. The zero-order valence-corrected chi connectivity index (χ0v) is 8.76. The molecule has 5 heteroatoms. The first-order chi connectivity index (χ1) is 6.09. The zero-order valence-electron chi connectivity index (χ0n) is 7.18. The van der Waals surface area contributed by atoms with E-state index in [4.69, 9.17) is 0 Å². The Labute approximate surface area is 85.1 Å². The highest BCUT2D eigenvalue weighted by Crippen LogP contribution is 2.06. The molecule has 1 N–H and O–H groups in total. The predicted molar refractivity (Wildman–Crippen MR) is 52.3 cm³/mol. The van der Waals surface area contributed by atoms with E-state index in [1.165, 1.54) is 0 Å². The van der Waals surface area contributed by atoms with Gasteiger partial charge in [0.2, 0.25) is 11.8 Å². The smallest absolute Gasteiger partial charge is 0.242 e. The third-order valence-electron chi connectivity index (χ3n) is 1.76. The van der Waals surface area contributed by atoms with E-state index in [0.29, 0.717) is 19.5 Å². The molecule has 1 heterocycles. The summed E-state index contributed by atoms with van der Waals surface area (Å²) in [5.41, 5.74) is 0. The summed E-state index contributed by atoms with van der Waals surface area (Å²) in [7, 11) is 0. The first-order valence-electron chi connectivity index (χ1n) is 3.97. The fourth-order valence-corrected chi connectivity index (χ4v) is 1.41. The topological polar surface area (TPSA) is 49.4 Å². The van der Waals surface area contributed by atoms with Crippen LogP contribution in [0.15, 0.2) is 11.1 Å². The van der Waals surface area contributed by atoms with Crippen molar-refractivity contribution < 1.29 is 9.59 Å². The van der Waals surface area contributed by atoms with Crippen molar-refractivity contribution in [2.45, 2.75) is 6.42 Å². The van der Waals surface area contributed by atoms with E-state index in [1.54, 1.807) is 4.90 Å². The summed E-state index contributed by atoms with van der Waals surface area (Å²) < 4.78 is 0.746. The van der Waals surface area contributed by atoms with Gasteiger partial charge in [-0.1, -0.05) is 22.5 Å². The summed E-state index contributed by atoms with van der Waals surface area (Å²) in [6, 6.07) is 0. The lowest BCUT2D eigenvalue weighted by Crippen LogP contribution is -2.35. The number of amides is 2. The number of hydrogen-bond acceptors (Lipinski definition) is 2. The first-order valence-corrected chi connectivity index (χ1v) is 4.76. The van der Waals surface area contributed by atoms with Crippen LogP contribution < -0.4 is 5.32 Å². The summed E-state index contributed by atoms with van der Waals surface area (Å²) in [6.45, 7) is 4.68. The highest BCUT2D eigenvalue weighted by atomic mass is 79.9. The quantitative estimate of drug-likeness (QED) is 0.760. The van der Waals surface area contributed by atoms with E-state index >= 15 is 0 Å². The predicted octanol–water partition coefficient (Wildman–Crippen LogP) is 0.243. The molecule has 0 radical (unpaired) electrons. The lowest BCUT2D eigenvalue weighted by atomic mass is 10.4. The summed E-state index contributed by atoms with van der Waals surface area (Å²) in [5.74, 6) is -0.137. The third-order valence-corrected chi connectivity index (χ3v) is 2.01. The molecule has 0 aromatic heterocycles. The van der Waals surface area contributed by atoms with Crippen molar-refractivity contribution in [1.82, 2.24) is 10.2 Å². The van der Waals surface area contributed by atoms with Gasteiger partial charge < -0.3 is 10.2 Å². The van der Waals surface area contributed by atoms with Gasteiger partial charge in [-0.15, -0.1) is 0 Å². The van der Waals surface area contributed by atoms with Crippen LogP contribution in [0.2, 0.25) is 0 Å². The Bertz CT molecular complexity index is 253. The number of nitrogens with one attached hydrogen (secondary N) is 1. The molecule has 0 aliphatic carbocycles. The molecule has 0 atom stereocenters. The van der Waals surface area contributed by atoms with Gasteiger partial charge in [0.15, 0.2) is 0 Å². The minimum absolute atomic E-state index is 0.0635. The number of carbonyl (C=O) groups is 2. The van der Waals surface area contributed by atoms with Gasteiger partial charge in [-0.05, 0) is 0 Å². The van der Waals surface area contributed by atoms with E-state index in [1.807, 2.05) is 0 Å². The summed E-state index contributed by atoms with van der Waals surface area (Å²) in [6.07, 6.45) is 0.367. The molecule has 72 valence electrons. The maximum absolute atomic E-state index is 11.3. The highest BCUT2D eigenvalue weighted by Gasteiger charge is 2.19. The zero-order chi connectivity index (χ0) is 9.84. The normalized spacial score (nSPS) is 18.1. The second kappa shape index (κ2) is 4.41. The van der Waals surface area contributed by atoms with Crippen molar-refractivity contribution in [2.24, 2.45) is 0 Å². The van der Waals surface area contributed by atoms with E-state index < -0.39 is 0 Å². The molecule has 1 aliphatic rings. The van der Waals surface area contributed by atoms with Gasteiger partial charge in [-0.3, -0.25) is 9.59 Å². The van der Waals surface area contributed by atoms with Crippen molar-refractivity contribution in [3.63, 3.8) is 0 Å². The first kappa shape index (κ1) is 10.2. The fraction of sp³-hybridized carbons (Fsp3) is 0.500. The van der Waals surface area contributed by atoms with Gasteiger partial charge in [-0.2, -0.15) is 0 Å². The summed E-state index contributed by atoms with van der Waals surface area (Å²) >= 11 is 3.18. The van der Waals surface area contributed by atoms with Crippen molar-refractivity contribution in [1.29, 1.82) is 0 Å². The van der Waals surface area contributed by atoms with Crippen LogP contribution in [0.3, 0.4) is 0 Å². The van der Waals surface area contributed by atoms with Gasteiger partial charge in [0, 0.05) is 17.4 Å². The molecule has 1 rings (SSSR count). The van der Waals surface area contributed by atoms with E-state index in [0.717, 1.165) is 4.48 Å². The van der Waals surface area contributed by atoms with Crippen LogP contribution >= 0.6 is 15.9 Å². The lowest BCUT2D eigenvalue weighted by Gasteiger charge is -2.18. The summed E-state index contributed by atoms with van der Waals surface area (Å²) in [5, 5.41) is 2.52. The highest BCUT2D eigenvalue weighted by molar-refractivity contribution is 9.11. The van der Waals surface area contributed by atoms with Crippen LogP contribution in [0.4, 0.5) is 0 Å². The van der Waals surface area contributed by atoms with Gasteiger partial charge in [0.25, 0.3) is 0 Å². The Hall–Kier alpha value is -0.840. The molecule has 2 amide bonds. The molecule has 4 nitrogen and oxygen atoms in total. The van der Waals surface area contributed by atoms with Gasteiger partial charge >= 0.3 is 0 Å². The second-order valence-corrected chi connectivity index (χ2v) is 3.98. The van der Waals surface area contributed by atoms with Gasteiger partial charge in [0.1, 0.15) is 0 Å². The maximum Gasteiger partial charge on any atom is 0.242 e. The standard InChI is InChI=1S/C8H11BrN2O2/c1-6(9)5-11-3-2-7(12)10-4-8(11)13/h1-5H2,(H,10,12). The van der Waals surface area contributed by atoms with E-state index in [-0.39, 0.29) is 18.4 Å². The minimum atomic E-state index is -0.0731. The number of nitrogens with zero attached hydrogens (tertiary/aromatic N) is 1. The third kappa shape index (κ3) is 3.18.